The highest BCUT2D eigenvalue weighted by Gasteiger charge is 2.62. The summed E-state index contributed by atoms with van der Waals surface area (Å²) < 4.78 is 23.5. The lowest BCUT2D eigenvalue weighted by molar-refractivity contribution is -0.168. The zero-order chi connectivity index (χ0) is 24.4. The van der Waals surface area contributed by atoms with Crippen LogP contribution in [0.15, 0.2) is 0 Å². The fourth-order valence-corrected chi connectivity index (χ4v) is 9.13. The Morgan fingerprint density at radius 1 is 1.03 bits per heavy atom. The summed E-state index contributed by atoms with van der Waals surface area (Å²) in [4.78, 5) is 13.1. The summed E-state index contributed by atoms with van der Waals surface area (Å²) in [5, 5.41) is 10.9. The topological polar surface area (TPSA) is 37.3 Å². The largest absolute Gasteiger partial charge is 0.382 e. The molecule has 0 aromatic heterocycles. The summed E-state index contributed by atoms with van der Waals surface area (Å²) in [6, 6.07) is 0. The minimum Gasteiger partial charge on any atom is -0.382 e. The van der Waals surface area contributed by atoms with E-state index in [1.165, 1.54) is 44.9 Å². The van der Waals surface area contributed by atoms with Crippen LogP contribution in [0.25, 0.3) is 0 Å². The number of carbonyl (C=O) groups is 1. The zero-order valence-corrected chi connectivity index (χ0v) is 20.2. The van der Waals surface area contributed by atoms with Gasteiger partial charge < -0.3 is 5.11 Å². The van der Waals surface area contributed by atoms with Gasteiger partial charge in [0.05, 0.1) is 0 Å². The Kier molecular flexibility index (Phi) is 5.03. The van der Waals surface area contributed by atoms with Crippen molar-refractivity contribution in [3.8, 4) is 0 Å². The van der Waals surface area contributed by atoms with Crippen LogP contribution in [-0.2, 0) is 4.79 Å². The van der Waals surface area contributed by atoms with Crippen molar-refractivity contribution in [1.29, 1.82) is 0 Å². The van der Waals surface area contributed by atoms with Crippen molar-refractivity contribution in [2.75, 3.05) is 0 Å². The summed E-state index contributed by atoms with van der Waals surface area (Å²) in [7, 11) is 0. The molecule has 4 fully saturated rings. The maximum Gasteiger partial charge on any atom is 0.164 e. The molecule has 2 nitrogen and oxygen atoms in total. The number of aliphatic hydroxyl groups is 1. The normalized spacial score (nSPS) is 51.4. The summed E-state index contributed by atoms with van der Waals surface area (Å²) in [6.07, 6.45) is 11.6. The number of hydrogen-bond donors (Lipinski definition) is 1. The van der Waals surface area contributed by atoms with Gasteiger partial charge in [0.2, 0.25) is 0 Å². The first-order valence-corrected chi connectivity index (χ1v) is 13.0. The number of rotatable bonds is 5. The lowest BCUT2D eigenvalue weighted by atomic mass is 9.43. The van der Waals surface area contributed by atoms with Gasteiger partial charge in [0.15, 0.2) is 5.78 Å². The van der Waals surface area contributed by atoms with Gasteiger partial charge in [0.1, 0.15) is 5.60 Å². The van der Waals surface area contributed by atoms with Crippen LogP contribution >= 0.6 is 0 Å². The Balaban J connectivity index is 1.50. The van der Waals surface area contributed by atoms with E-state index >= 15 is 0 Å². The van der Waals surface area contributed by atoms with Crippen molar-refractivity contribution in [2.24, 2.45) is 52.3 Å². The van der Waals surface area contributed by atoms with Crippen molar-refractivity contribution in [1.82, 2.24) is 0 Å². The van der Waals surface area contributed by atoms with E-state index in [1.54, 1.807) is 0 Å². The molecule has 0 radical (unpaired) electrons. The summed E-state index contributed by atoms with van der Waals surface area (Å²) >= 11 is 0. The molecule has 4 aliphatic carbocycles. The minimum absolute atomic E-state index is 0.125. The molecule has 4 aliphatic rings. The highest BCUT2D eigenvalue weighted by atomic mass is 16.3. The maximum absolute atomic E-state index is 13.1. The fraction of sp³-hybridized carbons (Fsp3) is 0.964. The summed E-state index contributed by atoms with van der Waals surface area (Å²) in [5.41, 5.74) is -1.88. The van der Waals surface area contributed by atoms with E-state index in [0.29, 0.717) is 17.3 Å². The molecular formula is C28H48O2. The van der Waals surface area contributed by atoms with Crippen molar-refractivity contribution in [3.63, 3.8) is 0 Å². The molecule has 1 N–H and O–H groups in total. The van der Waals surface area contributed by atoms with Gasteiger partial charge in [-0.2, -0.15) is 0 Å². The molecule has 0 aromatic rings. The first-order chi connectivity index (χ1) is 15.2. The molecule has 0 spiro atoms. The van der Waals surface area contributed by atoms with Gasteiger partial charge in [-0.3, -0.25) is 4.79 Å². The zero-order valence-electron chi connectivity index (χ0n) is 23.2. The second-order valence-electron chi connectivity index (χ2n) is 12.9. The van der Waals surface area contributed by atoms with Gasteiger partial charge in [-0.05, 0) is 104 Å². The van der Waals surface area contributed by atoms with Crippen molar-refractivity contribution >= 4 is 5.78 Å². The van der Waals surface area contributed by atoms with Crippen LogP contribution in [0.4, 0.5) is 0 Å². The molecule has 0 amide bonds. The van der Waals surface area contributed by atoms with E-state index in [-0.39, 0.29) is 24.2 Å². The Labute approximate surface area is 190 Å². The molecular weight excluding hydrogens is 368 g/mol. The van der Waals surface area contributed by atoms with Gasteiger partial charge in [-0.25, -0.2) is 0 Å². The van der Waals surface area contributed by atoms with Crippen LogP contribution < -0.4 is 0 Å². The van der Waals surface area contributed by atoms with Gasteiger partial charge in [0, 0.05) is 10.5 Å². The van der Waals surface area contributed by atoms with Gasteiger partial charge in [-0.15, -0.1) is 0 Å². The third-order valence-corrected chi connectivity index (χ3v) is 10.8. The lowest BCUT2D eigenvalue weighted by Crippen LogP contribution is -2.58. The Morgan fingerprint density at radius 2 is 1.77 bits per heavy atom. The molecule has 172 valence electrons. The Bertz CT molecular complexity index is 748. The van der Waals surface area contributed by atoms with Crippen LogP contribution in [0.1, 0.15) is 116 Å². The van der Waals surface area contributed by atoms with Crippen LogP contribution in [0.5, 0.6) is 0 Å². The molecule has 30 heavy (non-hydrogen) atoms. The maximum atomic E-state index is 13.1. The van der Waals surface area contributed by atoms with Crippen molar-refractivity contribution < 1.29 is 14.0 Å². The molecule has 0 aliphatic heterocycles. The Hall–Kier alpha value is -0.370. The number of Topliss-reactive ketones (excluding diaryl/α,β-unsaturated/α-hetero) is 1. The average molecular weight is 420 g/mol. The third kappa shape index (κ3) is 3.61. The Morgan fingerprint density at radius 3 is 2.47 bits per heavy atom. The second-order valence-corrected chi connectivity index (χ2v) is 12.9. The van der Waals surface area contributed by atoms with E-state index in [1.807, 2.05) is 0 Å². The number of carbonyl (C=O) groups excluding carboxylic acids is 1. The first kappa shape index (κ1) is 19.1. The molecule has 0 heterocycles. The smallest absolute Gasteiger partial charge is 0.164 e. The molecule has 0 saturated heterocycles. The molecule has 0 aromatic carbocycles. The van der Waals surface area contributed by atoms with Gasteiger partial charge in [0.25, 0.3) is 0 Å². The number of ketones is 1. The van der Waals surface area contributed by atoms with Crippen LogP contribution in [0.2, 0.25) is 0 Å². The SMILES string of the molecule is [2H]C([2H])([2H])[C@]1(O)C[C@@H]2CC[C@@H]3[C@H](CC[C@]4(C)[C@@H]([C@H](C)CCCC(C)C)CC[C@@H]34)[C@@]2(C)CC1=O. The molecule has 0 bridgehead atoms. The van der Waals surface area contributed by atoms with E-state index in [2.05, 4.69) is 34.6 Å². The average Bonchev–Trinajstić information content (AvgIpc) is 3.05. The van der Waals surface area contributed by atoms with Crippen LogP contribution in [0, 0.1) is 52.3 Å². The molecule has 0 unspecified atom stereocenters. The highest BCUT2D eigenvalue weighted by Crippen LogP contribution is 2.68. The monoisotopic (exact) mass is 419 g/mol. The predicted octanol–water partition coefficient (Wildman–Crippen LogP) is 7.04. The predicted molar refractivity (Wildman–Crippen MR) is 124 cm³/mol. The lowest BCUT2D eigenvalue weighted by Gasteiger charge is -2.61. The molecule has 4 rings (SSSR count). The number of fused-ring (bicyclic) bond motifs is 5. The fourth-order valence-electron chi connectivity index (χ4n) is 9.13. The standard InChI is InChI=1S/C28H48O2/c1-18(2)8-7-9-19(3)22-12-13-23-21-11-10-20-16-28(6,30)25(29)17-27(20,5)24(21)14-15-26(22,23)4/h18-24,30H,7-17H2,1-6H3/t19-,20+,21+,22-,23+,24+,26-,27+,28+/m1/s1/i6D3. The molecule has 9 atom stereocenters. The van der Waals surface area contributed by atoms with Gasteiger partial charge in [-0.1, -0.05) is 53.9 Å². The van der Waals surface area contributed by atoms with E-state index < -0.39 is 18.2 Å². The van der Waals surface area contributed by atoms with E-state index in [9.17, 15) is 9.90 Å². The van der Waals surface area contributed by atoms with Crippen molar-refractivity contribution in [2.45, 2.75) is 118 Å². The van der Waals surface area contributed by atoms with Gasteiger partial charge >= 0.3 is 0 Å². The number of hydrogen-bond acceptors (Lipinski definition) is 2. The second kappa shape index (κ2) is 7.89. The first-order valence-electron chi connectivity index (χ1n) is 14.5. The molecule has 2 heteroatoms. The van der Waals surface area contributed by atoms with Crippen LogP contribution in [0.3, 0.4) is 0 Å². The van der Waals surface area contributed by atoms with Crippen LogP contribution in [-0.4, -0.2) is 16.5 Å². The van der Waals surface area contributed by atoms with Crippen molar-refractivity contribution in [3.05, 3.63) is 0 Å². The summed E-state index contributed by atoms with van der Waals surface area (Å²) in [6.45, 7) is 9.36. The van der Waals surface area contributed by atoms with E-state index in [4.69, 9.17) is 4.11 Å². The third-order valence-electron chi connectivity index (χ3n) is 10.8. The highest BCUT2D eigenvalue weighted by molar-refractivity contribution is 5.88. The van der Waals surface area contributed by atoms with E-state index in [0.717, 1.165) is 36.5 Å². The quantitative estimate of drug-likeness (QED) is 0.519. The minimum atomic E-state index is -2.63. The summed E-state index contributed by atoms with van der Waals surface area (Å²) in [5.74, 6) is 3.99. The molecule has 4 saturated carbocycles.